The van der Waals surface area contributed by atoms with Gasteiger partial charge in [-0.3, -0.25) is 9.59 Å². The molecule has 1 atom stereocenters. The number of benzene rings is 1. The van der Waals surface area contributed by atoms with Gasteiger partial charge in [-0.1, -0.05) is 18.2 Å². The number of ether oxygens (including phenoxy) is 1. The Balaban J connectivity index is 2.51. The molecule has 0 radical (unpaired) electrons. The van der Waals surface area contributed by atoms with Crippen LogP contribution < -0.4 is 10.1 Å². The molecule has 0 fully saturated rings. The van der Waals surface area contributed by atoms with Crippen LogP contribution in [0.4, 0.5) is 13.2 Å². The second-order valence-corrected chi connectivity index (χ2v) is 5.06. The van der Waals surface area contributed by atoms with Crippen molar-refractivity contribution in [2.24, 2.45) is 0 Å². The number of halogens is 3. The summed E-state index contributed by atoms with van der Waals surface area (Å²) < 4.78 is 40.8. The molecule has 1 rings (SSSR count). The number of nitrogens with one attached hydrogen (secondary N) is 1. The molecule has 1 amide bonds. The average molecular weight is 333 g/mol. The van der Waals surface area contributed by atoms with Gasteiger partial charge < -0.3 is 15.2 Å². The highest BCUT2D eigenvalue weighted by Crippen LogP contribution is 2.26. The van der Waals surface area contributed by atoms with Crippen LogP contribution in [-0.4, -0.2) is 29.4 Å². The lowest BCUT2D eigenvalue weighted by Gasteiger charge is -2.14. The van der Waals surface area contributed by atoms with Crippen LogP contribution in [0, 0.1) is 0 Å². The Labute approximate surface area is 131 Å². The highest BCUT2D eigenvalue weighted by Gasteiger charge is 2.31. The van der Waals surface area contributed by atoms with Crippen LogP contribution in [0.2, 0.25) is 0 Å². The van der Waals surface area contributed by atoms with Crippen molar-refractivity contribution in [2.75, 3.05) is 0 Å². The van der Waals surface area contributed by atoms with Crippen LogP contribution in [0.1, 0.15) is 31.7 Å². The Bertz CT molecular complexity index is 546. The van der Waals surface area contributed by atoms with E-state index in [1.165, 1.54) is 18.2 Å². The maximum atomic E-state index is 12.3. The predicted molar refractivity (Wildman–Crippen MR) is 75.9 cm³/mol. The van der Waals surface area contributed by atoms with E-state index in [0.29, 0.717) is 0 Å². The molecular formula is C15H18F3NO4. The summed E-state index contributed by atoms with van der Waals surface area (Å²) in [4.78, 5) is 22.2. The maximum absolute atomic E-state index is 12.3. The molecule has 5 nitrogen and oxygen atoms in total. The Hall–Kier alpha value is -2.25. The van der Waals surface area contributed by atoms with Gasteiger partial charge in [0.25, 0.3) is 0 Å². The quantitative estimate of drug-likeness (QED) is 0.767. The number of carbonyl (C=O) groups is 2. The number of hydrogen-bond donors (Lipinski definition) is 2. The van der Waals surface area contributed by atoms with Gasteiger partial charge in [-0.2, -0.15) is 0 Å². The first-order valence-electron chi connectivity index (χ1n) is 7.02. The second-order valence-electron chi connectivity index (χ2n) is 5.06. The van der Waals surface area contributed by atoms with Crippen molar-refractivity contribution < 1.29 is 32.6 Å². The SMILES string of the molecule is CC(CCC(=O)O)NC(=O)CCc1ccccc1OC(F)(F)F. The summed E-state index contributed by atoms with van der Waals surface area (Å²) in [7, 11) is 0. The smallest absolute Gasteiger partial charge is 0.481 e. The second kappa shape index (κ2) is 8.40. The third-order valence-electron chi connectivity index (χ3n) is 3.02. The molecule has 1 unspecified atom stereocenters. The summed E-state index contributed by atoms with van der Waals surface area (Å²) in [5.74, 6) is -1.64. The Morgan fingerprint density at radius 2 is 1.91 bits per heavy atom. The summed E-state index contributed by atoms with van der Waals surface area (Å²) in [6, 6.07) is 5.31. The molecule has 0 aliphatic carbocycles. The molecule has 0 bridgehead atoms. The Morgan fingerprint density at radius 3 is 2.52 bits per heavy atom. The van der Waals surface area contributed by atoms with E-state index in [-0.39, 0.29) is 48.9 Å². The topological polar surface area (TPSA) is 75.6 Å². The summed E-state index contributed by atoms with van der Waals surface area (Å²) in [6.07, 6.45) is -4.50. The average Bonchev–Trinajstić information content (AvgIpc) is 2.42. The number of amides is 1. The fraction of sp³-hybridized carbons (Fsp3) is 0.467. The third kappa shape index (κ3) is 8.08. The molecule has 0 saturated heterocycles. The van der Waals surface area contributed by atoms with Gasteiger partial charge in [-0.05, 0) is 31.4 Å². The number of carboxylic acids is 1. The molecule has 1 aromatic rings. The fourth-order valence-electron chi connectivity index (χ4n) is 1.94. The lowest BCUT2D eigenvalue weighted by Crippen LogP contribution is -2.33. The number of aliphatic carboxylic acids is 1. The van der Waals surface area contributed by atoms with Crippen LogP contribution in [-0.2, 0) is 16.0 Å². The number of aryl methyl sites for hydroxylation is 1. The van der Waals surface area contributed by atoms with Crippen molar-refractivity contribution in [1.82, 2.24) is 5.32 Å². The highest BCUT2D eigenvalue weighted by molar-refractivity contribution is 5.76. The zero-order chi connectivity index (χ0) is 17.5. The van der Waals surface area contributed by atoms with Crippen LogP contribution in [0.5, 0.6) is 5.75 Å². The minimum atomic E-state index is -4.79. The van der Waals surface area contributed by atoms with E-state index >= 15 is 0 Å². The van der Waals surface area contributed by atoms with Crippen molar-refractivity contribution in [3.8, 4) is 5.75 Å². The number of para-hydroxylation sites is 1. The largest absolute Gasteiger partial charge is 0.573 e. The van der Waals surface area contributed by atoms with Crippen LogP contribution >= 0.6 is 0 Å². The first kappa shape index (κ1) is 18.8. The lowest BCUT2D eigenvalue weighted by atomic mass is 10.1. The van der Waals surface area contributed by atoms with E-state index < -0.39 is 12.3 Å². The van der Waals surface area contributed by atoms with E-state index in [0.717, 1.165) is 0 Å². The van der Waals surface area contributed by atoms with Gasteiger partial charge in [0.15, 0.2) is 0 Å². The van der Waals surface area contributed by atoms with E-state index in [1.807, 2.05) is 0 Å². The van der Waals surface area contributed by atoms with Gasteiger partial charge >= 0.3 is 12.3 Å². The summed E-state index contributed by atoms with van der Waals surface area (Å²) in [5.41, 5.74) is 0.276. The first-order valence-corrected chi connectivity index (χ1v) is 7.02. The van der Waals surface area contributed by atoms with Crippen LogP contribution in [0.25, 0.3) is 0 Å². The fourth-order valence-corrected chi connectivity index (χ4v) is 1.94. The van der Waals surface area contributed by atoms with Crippen molar-refractivity contribution in [3.05, 3.63) is 29.8 Å². The van der Waals surface area contributed by atoms with Gasteiger partial charge in [-0.25, -0.2) is 0 Å². The van der Waals surface area contributed by atoms with E-state index in [1.54, 1.807) is 13.0 Å². The number of rotatable bonds is 8. The number of carboxylic acid groups (broad SMARTS) is 1. The van der Waals surface area contributed by atoms with Gasteiger partial charge in [0, 0.05) is 18.9 Å². The summed E-state index contributed by atoms with van der Waals surface area (Å²) in [6.45, 7) is 1.67. The molecule has 1 aromatic carbocycles. The molecule has 0 aliphatic heterocycles. The van der Waals surface area contributed by atoms with Crippen molar-refractivity contribution >= 4 is 11.9 Å². The minimum absolute atomic E-state index is 0.0182. The molecule has 0 spiro atoms. The summed E-state index contributed by atoms with van der Waals surface area (Å²) in [5, 5.41) is 11.2. The Morgan fingerprint density at radius 1 is 1.26 bits per heavy atom. The van der Waals surface area contributed by atoms with Gasteiger partial charge in [0.1, 0.15) is 5.75 Å². The molecule has 23 heavy (non-hydrogen) atoms. The lowest BCUT2D eigenvalue weighted by molar-refractivity contribution is -0.274. The number of alkyl halides is 3. The van der Waals surface area contributed by atoms with Crippen molar-refractivity contribution in [2.45, 2.75) is 45.0 Å². The Kier molecular flexibility index (Phi) is 6.87. The molecule has 0 aliphatic rings. The van der Waals surface area contributed by atoms with E-state index in [9.17, 15) is 22.8 Å². The standard InChI is InChI=1S/C15H18F3NO4/c1-10(6-9-14(21)22)19-13(20)8-7-11-4-2-3-5-12(11)23-15(16,17)18/h2-5,10H,6-9H2,1H3,(H,19,20)(H,21,22). The van der Waals surface area contributed by atoms with Crippen LogP contribution in [0.3, 0.4) is 0 Å². The predicted octanol–water partition coefficient (Wildman–Crippen LogP) is 2.89. The number of carbonyl (C=O) groups excluding carboxylic acids is 1. The minimum Gasteiger partial charge on any atom is -0.481 e. The zero-order valence-electron chi connectivity index (χ0n) is 12.5. The molecule has 8 heteroatoms. The normalized spacial score (nSPS) is 12.5. The summed E-state index contributed by atoms with van der Waals surface area (Å²) >= 11 is 0. The number of hydrogen-bond acceptors (Lipinski definition) is 3. The van der Waals surface area contributed by atoms with Crippen molar-refractivity contribution in [1.29, 1.82) is 0 Å². The van der Waals surface area contributed by atoms with Gasteiger partial charge in [0.05, 0.1) is 0 Å². The molecule has 0 aromatic heterocycles. The third-order valence-corrected chi connectivity index (χ3v) is 3.02. The highest BCUT2D eigenvalue weighted by atomic mass is 19.4. The van der Waals surface area contributed by atoms with Crippen LogP contribution in [0.15, 0.2) is 24.3 Å². The maximum Gasteiger partial charge on any atom is 0.573 e. The van der Waals surface area contributed by atoms with E-state index in [4.69, 9.17) is 5.11 Å². The van der Waals surface area contributed by atoms with Gasteiger partial charge in [0.2, 0.25) is 5.91 Å². The molecular weight excluding hydrogens is 315 g/mol. The molecule has 0 saturated carbocycles. The molecule has 2 N–H and O–H groups in total. The monoisotopic (exact) mass is 333 g/mol. The first-order chi connectivity index (χ1) is 10.7. The van der Waals surface area contributed by atoms with E-state index in [2.05, 4.69) is 10.1 Å². The molecule has 128 valence electrons. The molecule has 0 heterocycles. The van der Waals surface area contributed by atoms with Crippen molar-refractivity contribution in [3.63, 3.8) is 0 Å². The zero-order valence-corrected chi connectivity index (χ0v) is 12.5. The van der Waals surface area contributed by atoms with Gasteiger partial charge in [-0.15, -0.1) is 13.2 Å².